The van der Waals surface area contributed by atoms with Crippen LogP contribution < -0.4 is 4.74 Å². The van der Waals surface area contributed by atoms with Crippen LogP contribution in [0.5, 0.6) is 5.75 Å². The zero-order valence-corrected chi connectivity index (χ0v) is 10.9. The second-order valence-corrected chi connectivity index (χ2v) is 4.68. The highest BCUT2D eigenvalue weighted by molar-refractivity contribution is 9.10. The molecule has 17 heavy (non-hydrogen) atoms. The summed E-state index contributed by atoms with van der Waals surface area (Å²) >= 11 is 3.22. The normalized spacial score (nSPS) is 10.3. The minimum absolute atomic E-state index is 0.322. The Morgan fingerprint density at radius 2 is 2.06 bits per heavy atom. The summed E-state index contributed by atoms with van der Waals surface area (Å²) in [5, 5.41) is 0. The summed E-state index contributed by atoms with van der Waals surface area (Å²) in [6.07, 6.45) is 3.52. The van der Waals surface area contributed by atoms with Gasteiger partial charge in [0, 0.05) is 28.5 Å². The van der Waals surface area contributed by atoms with E-state index in [2.05, 4.69) is 20.9 Å². The molecule has 0 saturated heterocycles. The summed E-state index contributed by atoms with van der Waals surface area (Å²) in [6.45, 7) is 2.35. The molecule has 0 aliphatic heterocycles. The predicted octanol–water partition coefficient (Wildman–Crippen LogP) is 3.87. The monoisotopic (exact) mass is 295 g/mol. The van der Waals surface area contributed by atoms with Crippen molar-refractivity contribution in [2.24, 2.45) is 0 Å². The zero-order valence-electron chi connectivity index (χ0n) is 9.28. The molecule has 1 heterocycles. The van der Waals surface area contributed by atoms with Crippen LogP contribution >= 0.6 is 15.9 Å². The van der Waals surface area contributed by atoms with Crippen molar-refractivity contribution in [2.75, 3.05) is 0 Å². The average molecular weight is 296 g/mol. The Balaban J connectivity index is 2.07. The van der Waals surface area contributed by atoms with Gasteiger partial charge in [0.05, 0.1) is 0 Å². The van der Waals surface area contributed by atoms with Crippen LogP contribution in [0, 0.1) is 12.7 Å². The molecule has 0 aliphatic carbocycles. The minimum Gasteiger partial charge on any atom is -0.489 e. The van der Waals surface area contributed by atoms with Crippen molar-refractivity contribution in [3.63, 3.8) is 0 Å². The summed E-state index contributed by atoms with van der Waals surface area (Å²) < 4.78 is 19.3. The third kappa shape index (κ3) is 3.53. The van der Waals surface area contributed by atoms with Gasteiger partial charge in [-0.2, -0.15) is 0 Å². The van der Waals surface area contributed by atoms with E-state index in [-0.39, 0.29) is 5.82 Å². The number of aromatic nitrogens is 1. The van der Waals surface area contributed by atoms with Gasteiger partial charge in [-0.05, 0) is 30.7 Å². The molecular formula is C13H11BrFNO. The maximum Gasteiger partial charge on any atom is 0.128 e. The highest BCUT2D eigenvalue weighted by Gasteiger charge is 2.01. The number of halogens is 2. The van der Waals surface area contributed by atoms with Crippen molar-refractivity contribution in [1.82, 2.24) is 4.98 Å². The van der Waals surface area contributed by atoms with Gasteiger partial charge in [0.15, 0.2) is 0 Å². The van der Waals surface area contributed by atoms with Gasteiger partial charge in [-0.15, -0.1) is 0 Å². The van der Waals surface area contributed by atoms with Crippen LogP contribution in [0.1, 0.15) is 11.1 Å². The van der Waals surface area contributed by atoms with Crippen molar-refractivity contribution in [3.8, 4) is 5.75 Å². The van der Waals surface area contributed by atoms with Crippen LogP contribution in [0.4, 0.5) is 4.39 Å². The third-order valence-corrected chi connectivity index (χ3v) is 2.63. The van der Waals surface area contributed by atoms with Crippen molar-refractivity contribution < 1.29 is 9.13 Å². The van der Waals surface area contributed by atoms with Gasteiger partial charge < -0.3 is 4.74 Å². The molecule has 0 radical (unpaired) electrons. The molecule has 0 atom stereocenters. The summed E-state index contributed by atoms with van der Waals surface area (Å²) in [5.41, 5.74) is 2.04. The molecule has 4 heteroatoms. The smallest absolute Gasteiger partial charge is 0.128 e. The van der Waals surface area contributed by atoms with Gasteiger partial charge in [0.1, 0.15) is 18.2 Å². The molecule has 0 bridgehead atoms. The summed E-state index contributed by atoms with van der Waals surface area (Å²) in [6, 6.07) is 6.46. The molecule has 88 valence electrons. The van der Waals surface area contributed by atoms with Gasteiger partial charge in [0.2, 0.25) is 0 Å². The predicted molar refractivity (Wildman–Crippen MR) is 67.4 cm³/mol. The number of aryl methyl sites for hydroxylation is 1. The Labute approximate surface area is 108 Å². The third-order valence-electron chi connectivity index (χ3n) is 2.17. The molecule has 0 spiro atoms. The van der Waals surface area contributed by atoms with E-state index < -0.39 is 0 Å². The molecule has 2 rings (SSSR count). The maximum absolute atomic E-state index is 13.1. The lowest BCUT2D eigenvalue weighted by Crippen LogP contribution is -1.97. The molecule has 2 aromatic rings. The summed E-state index contributed by atoms with van der Waals surface area (Å²) in [4.78, 5) is 4.07. The lowest BCUT2D eigenvalue weighted by Gasteiger charge is -2.07. The number of benzene rings is 1. The van der Waals surface area contributed by atoms with E-state index in [1.807, 2.05) is 13.0 Å². The van der Waals surface area contributed by atoms with Crippen LogP contribution in [0.3, 0.4) is 0 Å². The van der Waals surface area contributed by atoms with Crippen LogP contribution in [-0.4, -0.2) is 4.98 Å². The molecule has 0 N–H and O–H groups in total. The summed E-state index contributed by atoms with van der Waals surface area (Å²) in [5.74, 6) is 0.176. The van der Waals surface area contributed by atoms with Gasteiger partial charge >= 0.3 is 0 Å². The Kier molecular flexibility index (Phi) is 3.74. The van der Waals surface area contributed by atoms with Crippen LogP contribution in [0.2, 0.25) is 0 Å². The number of ether oxygens (including phenoxy) is 1. The van der Waals surface area contributed by atoms with E-state index in [1.165, 1.54) is 12.1 Å². The van der Waals surface area contributed by atoms with E-state index in [1.54, 1.807) is 18.5 Å². The zero-order chi connectivity index (χ0) is 12.3. The number of nitrogens with zero attached hydrogens (tertiary/aromatic N) is 1. The average Bonchev–Trinajstić information content (AvgIpc) is 2.25. The number of hydrogen-bond acceptors (Lipinski definition) is 2. The number of pyridine rings is 1. The second kappa shape index (κ2) is 5.27. The maximum atomic E-state index is 13.1. The van der Waals surface area contributed by atoms with E-state index in [9.17, 15) is 4.39 Å². The van der Waals surface area contributed by atoms with Crippen molar-refractivity contribution in [2.45, 2.75) is 13.5 Å². The molecule has 1 aromatic heterocycles. The Morgan fingerprint density at radius 1 is 1.24 bits per heavy atom. The van der Waals surface area contributed by atoms with E-state index in [0.29, 0.717) is 16.8 Å². The van der Waals surface area contributed by atoms with Gasteiger partial charge in [-0.3, -0.25) is 4.98 Å². The molecule has 0 unspecified atom stereocenters. The molecule has 0 fully saturated rings. The number of hydrogen-bond donors (Lipinski definition) is 0. The molecular weight excluding hydrogens is 285 g/mol. The molecule has 2 nitrogen and oxygen atoms in total. The second-order valence-electron chi connectivity index (χ2n) is 3.76. The number of rotatable bonds is 3. The van der Waals surface area contributed by atoms with Gasteiger partial charge in [-0.25, -0.2) is 4.39 Å². The molecule has 1 aromatic carbocycles. The Hall–Kier alpha value is -1.42. The largest absolute Gasteiger partial charge is 0.489 e. The van der Waals surface area contributed by atoms with Crippen LogP contribution in [-0.2, 0) is 6.61 Å². The lowest BCUT2D eigenvalue weighted by molar-refractivity contribution is 0.304. The van der Waals surface area contributed by atoms with Crippen molar-refractivity contribution in [3.05, 3.63) is 58.1 Å². The van der Waals surface area contributed by atoms with Gasteiger partial charge in [-0.1, -0.05) is 15.9 Å². The highest BCUT2D eigenvalue weighted by atomic mass is 79.9. The fourth-order valence-electron chi connectivity index (χ4n) is 1.48. The van der Waals surface area contributed by atoms with E-state index in [0.717, 1.165) is 11.1 Å². The van der Waals surface area contributed by atoms with E-state index in [4.69, 9.17) is 4.74 Å². The van der Waals surface area contributed by atoms with Crippen LogP contribution in [0.15, 0.2) is 41.1 Å². The lowest BCUT2D eigenvalue weighted by atomic mass is 10.2. The molecule has 0 aliphatic rings. The first-order valence-corrected chi connectivity index (χ1v) is 5.92. The quantitative estimate of drug-likeness (QED) is 0.857. The minimum atomic E-state index is -0.322. The standard InChI is InChI=1S/C13H11BrFNO/c1-9-2-10(7-16-6-9)8-17-13-4-11(14)3-12(15)5-13/h2-7H,8H2,1H3. The highest BCUT2D eigenvalue weighted by Crippen LogP contribution is 2.21. The first kappa shape index (κ1) is 12.0. The first-order chi connectivity index (χ1) is 8.13. The molecule has 0 amide bonds. The first-order valence-electron chi connectivity index (χ1n) is 5.13. The Morgan fingerprint density at radius 3 is 2.76 bits per heavy atom. The van der Waals surface area contributed by atoms with Crippen LogP contribution in [0.25, 0.3) is 0 Å². The van der Waals surface area contributed by atoms with Crippen molar-refractivity contribution >= 4 is 15.9 Å². The van der Waals surface area contributed by atoms with Crippen molar-refractivity contribution in [1.29, 1.82) is 0 Å². The van der Waals surface area contributed by atoms with E-state index >= 15 is 0 Å². The SMILES string of the molecule is Cc1cncc(COc2cc(F)cc(Br)c2)c1. The fraction of sp³-hybridized carbons (Fsp3) is 0.154. The van der Waals surface area contributed by atoms with Gasteiger partial charge in [0.25, 0.3) is 0 Å². The Bertz CT molecular complexity index is 510. The fourth-order valence-corrected chi connectivity index (χ4v) is 1.92. The summed E-state index contributed by atoms with van der Waals surface area (Å²) in [7, 11) is 0. The topological polar surface area (TPSA) is 22.1 Å². The molecule has 0 saturated carbocycles.